The summed E-state index contributed by atoms with van der Waals surface area (Å²) in [7, 11) is 0. The van der Waals surface area contributed by atoms with Crippen molar-refractivity contribution < 1.29 is 14.0 Å². The van der Waals surface area contributed by atoms with E-state index in [1.807, 2.05) is 24.3 Å². The van der Waals surface area contributed by atoms with Gasteiger partial charge in [0.25, 0.3) is 5.91 Å². The van der Waals surface area contributed by atoms with E-state index in [0.29, 0.717) is 13.0 Å². The zero-order valence-corrected chi connectivity index (χ0v) is 11.7. The van der Waals surface area contributed by atoms with Gasteiger partial charge >= 0.3 is 6.03 Å². The predicted molar refractivity (Wildman–Crippen MR) is 78.8 cm³/mol. The van der Waals surface area contributed by atoms with Crippen LogP contribution in [0.15, 0.2) is 48.5 Å². The first kappa shape index (κ1) is 13.0. The van der Waals surface area contributed by atoms with Gasteiger partial charge < -0.3 is 4.90 Å². The van der Waals surface area contributed by atoms with E-state index in [9.17, 15) is 14.0 Å². The molecule has 1 fully saturated rings. The minimum absolute atomic E-state index is 0.0240. The Bertz CT molecular complexity index is 747. The molecule has 2 aromatic carbocycles. The van der Waals surface area contributed by atoms with Gasteiger partial charge in [0.15, 0.2) is 0 Å². The van der Waals surface area contributed by atoms with E-state index in [0.717, 1.165) is 16.0 Å². The maximum Gasteiger partial charge on any atom is 0.332 e. The summed E-state index contributed by atoms with van der Waals surface area (Å²) in [5, 5.41) is 0. The summed E-state index contributed by atoms with van der Waals surface area (Å²) >= 11 is 0. The van der Waals surface area contributed by atoms with Crippen LogP contribution in [0, 0.1) is 5.82 Å². The molecule has 0 radical (unpaired) electrons. The predicted octanol–water partition coefficient (Wildman–Crippen LogP) is 2.72. The van der Waals surface area contributed by atoms with Crippen LogP contribution < -0.4 is 4.90 Å². The lowest BCUT2D eigenvalue weighted by Crippen LogP contribution is -2.39. The molecule has 2 aliphatic heterocycles. The average molecular weight is 296 g/mol. The number of hydrogen-bond donors (Lipinski definition) is 0. The molecule has 1 atom stereocenters. The van der Waals surface area contributed by atoms with Gasteiger partial charge in [-0.1, -0.05) is 36.4 Å². The van der Waals surface area contributed by atoms with Gasteiger partial charge in [0, 0.05) is 13.0 Å². The van der Waals surface area contributed by atoms with Crippen LogP contribution in [0.5, 0.6) is 0 Å². The summed E-state index contributed by atoms with van der Waals surface area (Å²) in [5.74, 6) is -0.925. The number of hydrogen-bond acceptors (Lipinski definition) is 2. The Balaban J connectivity index is 1.75. The number of fused-ring (bicyclic) bond motifs is 2. The highest BCUT2D eigenvalue weighted by Crippen LogP contribution is 2.33. The molecule has 4 rings (SSSR count). The molecule has 0 spiro atoms. The van der Waals surface area contributed by atoms with Crippen molar-refractivity contribution in [3.63, 3.8) is 0 Å². The van der Waals surface area contributed by atoms with Crippen molar-refractivity contribution in [2.45, 2.75) is 19.0 Å². The van der Waals surface area contributed by atoms with Crippen molar-refractivity contribution in [1.29, 1.82) is 0 Å². The third kappa shape index (κ3) is 1.75. The second kappa shape index (κ2) is 4.66. The first-order valence-electron chi connectivity index (χ1n) is 7.12. The average Bonchev–Trinajstić information content (AvgIpc) is 2.77. The number of imide groups is 1. The molecule has 0 N–H and O–H groups in total. The van der Waals surface area contributed by atoms with Gasteiger partial charge in [-0.05, 0) is 23.3 Å². The maximum absolute atomic E-state index is 14.0. The van der Waals surface area contributed by atoms with Crippen LogP contribution in [0.1, 0.15) is 11.1 Å². The first-order valence-corrected chi connectivity index (χ1v) is 7.12. The molecule has 22 heavy (non-hydrogen) atoms. The fraction of sp³-hybridized carbons (Fsp3) is 0.176. The quantitative estimate of drug-likeness (QED) is 0.759. The van der Waals surface area contributed by atoms with Crippen LogP contribution >= 0.6 is 0 Å². The molecular formula is C17H13FN2O2. The number of para-hydroxylation sites is 1. The van der Waals surface area contributed by atoms with Gasteiger partial charge in [-0.3, -0.25) is 4.79 Å². The lowest BCUT2D eigenvalue weighted by molar-refractivity contribution is -0.120. The molecule has 2 aliphatic rings. The lowest BCUT2D eigenvalue weighted by Gasteiger charge is -2.28. The number of carbonyl (C=O) groups excluding carboxylic acids is 2. The van der Waals surface area contributed by atoms with Crippen LogP contribution in [0.3, 0.4) is 0 Å². The summed E-state index contributed by atoms with van der Waals surface area (Å²) in [4.78, 5) is 27.7. The number of rotatable bonds is 1. The second-order valence-corrected chi connectivity index (χ2v) is 5.52. The lowest BCUT2D eigenvalue weighted by atomic mass is 9.95. The molecule has 3 amide bonds. The van der Waals surface area contributed by atoms with E-state index in [1.165, 1.54) is 23.1 Å². The minimum Gasteiger partial charge on any atom is -0.307 e. The van der Waals surface area contributed by atoms with Gasteiger partial charge in [-0.25, -0.2) is 14.1 Å². The van der Waals surface area contributed by atoms with E-state index in [1.54, 1.807) is 6.07 Å². The highest BCUT2D eigenvalue weighted by atomic mass is 19.1. The zero-order valence-electron chi connectivity index (χ0n) is 11.7. The molecule has 2 aromatic rings. The fourth-order valence-electron chi connectivity index (χ4n) is 3.17. The monoisotopic (exact) mass is 296 g/mol. The number of benzene rings is 2. The topological polar surface area (TPSA) is 40.6 Å². The van der Waals surface area contributed by atoms with Crippen LogP contribution in [0.2, 0.25) is 0 Å². The Morgan fingerprint density at radius 2 is 1.64 bits per heavy atom. The smallest absolute Gasteiger partial charge is 0.307 e. The molecule has 0 saturated carbocycles. The molecule has 0 bridgehead atoms. The van der Waals surface area contributed by atoms with E-state index >= 15 is 0 Å². The molecule has 1 saturated heterocycles. The van der Waals surface area contributed by atoms with Crippen LogP contribution in [-0.2, 0) is 17.8 Å². The Labute approximate surface area is 126 Å². The van der Waals surface area contributed by atoms with Crippen molar-refractivity contribution in [3.8, 4) is 0 Å². The Kier molecular flexibility index (Phi) is 2.76. The third-order valence-electron chi connectivity index (χ3n) is 4.28. The molecule has 5 heteroatoms. The first-order chi connectivity index (χ1) is 10.7. The summed E-state index contributed by atoms with van der Waals surface area (Å²) in [5.41, 5.74) is 2.13. The van der Waals surface area contributed by atoms with Gasteiger partial charge in [0.1, 0.15) is 11.9 Å². The highest BCUT2D eigenvalue weighted by molar-refractivity contribution is 6.21. The molecule has 2 heterocycles. The number of nitrogens with zero attached hydrogens (tertiary/aromatic N) is 2. The SMILES string of the molecule is O=C1[C@H]2Cc3ccccc3CN2C(=O)N1c1ccccc1F. The van der Waals surface area contributed by atoms with E-state index in [-0.39, 0.29) is 11.6 Å². The van der Waals surface area contributed by atoms with Crippen molar-refractivity contribution in [3.05, 3.63) is 65.5 Å². The van der Waals surface area contributed by atoms with Crippen LogP contribution in [0.25, 0.3) is 0 Å². The fourth-order valence-corrected chi connectivity index (χ4v) is 3.17. The van der Waals surface area contributed by atoms with Crippen molar-refractivity contribution in [2.24, 2.45) is 0 Å². The van der Waals surface area contributed by atoms with E-state index in [4.69, 9.17) is 0 Å². The Morgan fingerprint density at radius 1 is 0.955 bits per heavy atom. The van der Waals surface area contributed by atoms with Crippen molar-refractivity contribution in [2.75, 3.05) is 4.90 Å². The molecular weight excluding hydrogens is 283 g/mol. The maximum atomic E-state index is 14.0. The van der Waals surface area contributed by atoms with Gasteiger partial charge in [0.2, 0.25) is 0 Å². The molecule has 110 valence electrons. The second-order valence-electron chi connectivity index (χ2n) is 5.52. The molecule has 4 nitrogen and oxygen atoms in total. The number of halogens is 1. The Morgan fingerprint density at radius 3 is 2.41 bits per heavy atom. The largest absolute Gasteiger partial charge is 0.332 e. The van der Waals surface area contributed by atoms with Crippen molar-refractivity contribution >= 4 is 17.6 Å². The number of carbonyl (C=O) groups is 2. The van der Waals surface area contributed by atoms with Crippen LogP contribution in [-0.4, -0.2) is 22.9 Å². The molecule has 0 unspecified atom stereocenters. The summed E-state index contributed by atoms with van der Waals surface area (Å²) in [6.45, 7) is 0.385. The standard InChI is InChI=1S/C17H13FN2O2/c18-13-7-3-4-8-14(13)20-16(21)15-9-11-5-1-2-6-12(11)10-19(15)17(20)22/h1-8,15H,9-10H2/t15-/m1/s1. The normalized spacial score (nSPS) is 20.1. The summed E-state index contributed by atoms with van der Waals surface area (Å²) < 4.78 is 14.0. The number of amides is 3. The van der Waals surface area contributed by atoms with Gasteiger partial charge in [0.05, 0.1) is 5.69 Å². The van der Waals surface area contributed by atoms with Gasteiger partial charge in [-0.2, -0.15) is 0 Å². The van der Waals surface area contributed by atoms with Crippen LogP contribution in [0.4, 0.5) is 14.9 Å². The minimum atomic E-state index is -0.568. The van der Waals surface area contributed by atoms with E-state index < -0.39 is 17.9 Å². The number of anilines is 1. The third-order valence-corrected chi connectivity index (χ3v) is 4.28. The highest BCUT2D eigenvalue weighted by Gasteiger charge is 2.48. The summed E-state index contributed by atoms with van der Waals surface area (Å²) in [6, 6.07) is 12.6. The Hall–Kier alpha value is -2.69. The molecule has 0 aliphatic carbocycles. The zero-order chi connectivity index (χ0) is 15.3. The molecule has 0 aromatic heterocycles. The van der Waals surface area contributed by atoms with Crippen molar-refractivity contribution in [1.82, 2.24) is 4.90 Å². The van der Waals surface area contributed by atoms with Gasteiger partial charge in [-0.15, -0.1) is 0 Å². The van der Waals surface area contributed by atoms with E-state index in [2.05, 4.69) is 0 Å². The summed E-state index contributed by atoms with van der Waals surface area (Å²) in [6.07, 6.45) is 0.478. The number of urea groups is 1.